The first-order valence-electron chi connectivity index (χ1n) is 4.33. The molecule has 2 fully saturated rings. The summed E-state index contributed by atoms with van der Waals surface area (Å²) in [5, 5.41) is 3.04. The zero-order chi connectivity index (χ0) is 8.22. The summed E-state index contributed by atoms with van der Waals surface area (Å²) in [4.78, 5) is 11.1. The smallest absolute Gasteiger partial charge is 0.220 e. The fourth-order valence-electron chi connectivity index (χ4n) is 2.67. The Morgan fingerprint density at radius 1 is 1.55 bits per heavy atom. The number of carbonyl (C=O) groups excluding carboxylic acids is 1. The van der Waals surface area contributed by atoms with Crippen molar-refractivity contribution < 1.29 is 4.79 Å². The molecule has 1 aliphatic heterocycles. The van der Waals surface area contributed by atoms with Crippen molar-refractivity contribution in [1.82, 2.24) is 5.32 Å². The van der Waals surface area contributed by atoms with Crippen molar-refractivity contribution in [1.29, 1.82) is 0 Å². The Hall–Kier alpha value is -0.530. The Bertz CT molecular complexity index is 210. The molecule has 1 amide bonds. The van der Waals surface area contributed by atoms with Gasteiger partial charge in [-0.15, -0.1) is 0 Å². The molecule has 1 heterocycles. The summed E-state index contributed by atoms with van der Waals surface area (Å²) < 4.78 is 0. The molecule has 1 aliphatic carbocycles. The van der Waals surface area contributed by atoms with Crippen LogP contribution in [-0.2, 0) is 4.79 Å². The molecule has 1 saturated heterocycles. The van der Waals surface area contributed by atoms with Crippen molar-refractivity contribution in [2.75, 3.05) is 0 Å². The fraction of sp³-hybridized carbons (Fsp3) is 0.889. The number of hydrogen-bond acceptors (Lipinski definition) is 1. The molecule has 1 N–H and O–H groups in total. The second kappa shape index (κ2) is 1.79. The average molecular weight is 153 g/mol. The topological polar surface area (TPSA) is 29.1 Å². The van der Waals surface area contributed by atoms with E-state index in [-0.39, 0.29) is 5.91 Å². The normalized spacial score (nSPS) is 46.1. The minimum atomic E-state index is 0.240. The van der Waals surface area contributed by atoms with Crippen molar-refractivity contribution in [2.45, 2.75) is 33.2 Å². The highest BCUT2D eigenvalue weighted by molar-refractivity contribution is 5.78. The third-order valence-corrected chi connectivity index (χ3v) is 3.35. The number of nitrogens with one attached hydrogen (secondary N) is 1. The van der Waals surface area contributed by atoms with Crippen LogP contribution < -0.4 is 5.32 Å². The monoisotopic (exact) mass is 153 g/mol. The number of piperidine rings is 1. The highest BCUT2D eigenvalue weighted by atomic mass is 16.1. The third-order valence-electron chi connectivity index (χ3n) is 3.35. The van der Waals surface area contributed by atoms with Crippen molar-refractivity contribution >= 4 is 5.91 Å². The molecule has 3 atom stereocenters. The predicted octanol–water partition coefficient (Wildman–Crippen LogP) is 1.17. The van der Waals surface area contributed by atoms with Crippen molar-refractivity contribution in [3.63, 3.8) is 0 Å². The van der Waals surface area contributed by atoms with Gasteiger partial charge in [0.2, 0.25) is 5.91 Å². The molecule has 3 unspecified atom stereocenters. The molecule has 2 aliphatic rings. The molecule has 11 heavy (non-hydrogen) atoms. The van der Waals surface area contributed by atoms with Crippen LogP contribution in [0.5, 0.6) is 0 Å². The van der Waals surface area contributed by atoms with Gasteiger partial charge in [-0.1, -0.05) is 20.8 Å². The van der Waals surface area contributed by atoms with Gasteiger partial charge in [-0.25, -0.2) is 0 Å². The third kappa shape index (κ3) is 0.815. The summed E-state index contributed by atoms with van der Waals surface area (Å²) in [5.74, 6) is 1.56. The van der Waals surface area contributed by atoms with Gasteiger partial charge < -0.3 is 5.32 Å². The van der Waals surface area contributed by atoms with Crippen LogP contribution >= 0.6 is 0 Å². The van der Waals surface area contributed by atoms with Crippen LogP contribution in [0.4, 0.5) is 0 Å². The van der Waals surface area contributed by atoms with Gasteiger partial charge in [0, 0.05) is 12.5 Å². The van der Waals surface area contributed by atoms with Crippen LogP contribution in [0.25, 0.3) is 0 Å². The van der Waals surface area contributed by atoms with E-state index in [0.717, 1.165) is 12.3 Å². The van der Waals surface area contributed by atoms with E-state index in [1.807, 2.05) is 0 Å². The molecule has 0 radical (unpaired) electrons. The van der Waals surface area contributed by atoms with Gasteiger partial charge in [0.15, 0.2) is 0 Å². The van der Waals surface area contributed by atoms with E-state index in [1.54, 1.807) is 0 Å². The summed E-state index contributed by atoms with van der Waals surface area (Å²) in [5.41, 5.74) is 0.367. The fourth-order valence-corrected chi connectivity index (χ4v) is 2.67. The molecule has 0 bridgehead atoms. The highest BCUT2D eigenvalue weighted by Crippen LogP contribution is 2.58. The maximum Gasteiger partial charge on any atom is 0.220 e. The summed E-state index contributed by atoms with van der Waals surface area (Å²) >= 11 is 0. The first kappa shape index (κ1) is 7.14. The van der Waals surface area contributed by atoms with Crippen LogP contribution in [0.3, 0.4) is 0 Å². The maximum atomic E-state index is 11.1. The lowest BCUT2D eigenvalue weighted by Gasteiger charge is -2.16. The van der Waals surface area contributed by atoms with Crippen LogP contribution in [0.1, 0.15) is 27.2 Å². The number of carbonyl (C=O) groups is 1. The lowest BCUT2D eigenvalue weighted by atomic mass is 9.95. The number of rotatable bonds is 0. The minimum absolute atomic E-state index is 0.240. The molecule has 1 saturated carbocycles. The average Bonchev–Trinajstić information content (AvgIpc) is 2.34. The SMILES string of the molecule is CC1CC(=O)NC2C1C2(C)C. The van der Waals surface area contributed by atoms with Crippen LogP contribution in [-0.4, -0.2) is 11.9 Å². The van der Waals surface area contributed by atoms with E-state index in [4.69, 9.17) is 0 Å². The Labute approximate surface area is 67.4 Å². The van der Waals surface area contributed by atoms with Gasteiger partial charge in [-0.3, -0.25) is 4.79 Å². The molecule has 2 rings (SSSR count). The zero-order valence-corrected chi connectivity index (χ0v) is 7.35. The molecule has 0 spiro atoms. The standard InChI is InChI=1S/C9H15NO/c1-5-4-6(11)10-8-7(5)9(8,2)3/h5,7-8H,4H2,1-3H3,(H,10,11). The molecule has 2 heteroatoms. The highest BCUT2D eigenvalue weighted by Gasteiger charge is 2.62. The summed E-state index contributed by atoms with van der Waals surface area (Å²) in [6.07, 6.45) is 0.727. The molecule has 0 aromatic heterocycles. The van der Waals surface area contributed by atoms with E-state index in [2.05, 4.69) is 26.1 Å². The molecule has 62 valence electrons. The summed E-state index contributed by atoms with van der Waals surface area (Å²) in [6, 6.07) is 0.471. The van der Waals surface area contributed by atoms with E-state index in [1.165, 1.54) is 0 Å². The number of amides is 1. The lowest BCUT2D eigenvalue weighted by Crippen LogP contribution is -2.34. The molecular formula is C9H15NO. The van der Waals surface area contributed by atoms with Gasteiger partial charge in [0.1, 0.15) is 0 Å². The van der Waals surface area contributed by atoms with E-state index < -0.39 is 0 Å². The van der Waals surface area contributed by atoms with Crippen LogP contribution in [0.15, 0.2) is 0 Å². The second-order valence-electron chi connectivity index (χ2n) is 4.57. The van der Waals surface area contributed by atoms with Gasteiger partial charge in [0.05, 0.1) is 0 Å². The van der Waals surface area contributed by atoms with Gasteiger partial charge in [0.25, 0.3) is 0 Å². The predicted molar refractivity (Wildman–Crippen MR) is 43.0 cm³/mol. The van der Waals surface area contributed by atoms with Crippen LogP contribution in [0, 0.1) is 17.3 Å². The van der Waals surface area contributed by atoms with Gasteiger partial charge in [-0.05, 0) is 17.3 Å². The second-order valence-corrected chi connectivity index (χ2v) is 4.57. The van der Waals surface area contributed by atoms with Gasteiger partial charge >= 0.3 is 0 Å². The maximum absolute atomic E-state index is 11.1. The molecular weight excluding hydrogens is 138 g/mol. The van der Waals surface area contributed by atoms with Crippen molar-refractivity contribution in [3.8, 4) is 0 Å². The van der Waals surface area contributed by atoms with E-state index >= 15 is 0 Å². The Balaban J connectivity index is 2.17. The molecule has 0 aromatic rings. The van der Waals surface area contributed by atoms with E-state index in [9.17, 15) is 4.79 Å². The van der Waals surface area contributed by atoms with Gasteiger partial charge in [-0.2, -0.15) is 0 Å². The quantitative estimate of drug-likeness (QED) is 0.556. The van der Waals surface area contributed by atoms with E-state index in [0.29, 0.717) is 17.4 Å². The summed E-state index contributed by atoms with van der Waals surface area (Å²) in [6.45, 7) is 6.67. The van der Waals surface area contributed by atoms with Crippen molar-refractivity contribution in [2.24, 2.45) is 17.3 Å². The number of fused-ring (bicyclic) bond motifs is 1. The first-order chi connectivity index (χ1) is 5.03. The van der Waals surface area contributed by atoms with Crippen molar-refractivity contribution in [3.05, 3.63) is 0 Å². The first-order valence-corrected chi connectivity index (χ1v) is 4.33. The summed E-state index contributed by atoms with van der Waals surface area (Å²) in [7, 11) is 0. The molecule has 2 nitrogen and oxygen atoms in total. The minimum Gasteiger partial charge on any atom is -0.353 e. The Morgan fingerprint density at radius 2 is 2.18 bits per heavy atom. The zero-order valence-electron chi connectivity index (χ0n) is 7.35. The number of hydrogen-bond donors (Lipinski definition) is 1. The Morgan fingerprint density at radius 3 is 2.73 bits per heavy atom. The van der Waals surface area contributed by atoms with Crippen LogP contribution in [0.2, 0.25) is 0 Å². The Kier molecular flexibility index (Phi) is 1.16. The lowest BCUT2D eigenvalue weighted by molar-refractivity contribution is -0.123. The largest absolute Gasteiger partial charge is 0.353 e. The molecule has 0 aromatic carbocycles.